The topological polar surface area (TPSA) is 111 Å². The van der Waals surface area contributed by atoms with Gasteiger partial charge in [-0.15, -0.1) is 22.7 Å². The highest BCUT2D eigenvalue weighted by Crippen LogP contribution is 2.42. The number of alkyl halides is 4. The van der Waals surface area contributed by atoms with Crippen LogP contribution in [0.25, 0.3) is 22.3 Å². The van der Waals surface area contributed by atoms with Gasteiger partial charge in [-0.2, -0.15) is 17.6 Å². The van der Waals surface area contributed by atoms with Crippen molar-refractivity contribution in [3.05, 3.63) is 80.5 Å². The molecule has 0 saturated heterocycles. The van der Waals surface area contributed by atoms with Crippen LogP contribution >= 0.6 is 45.9 Å². The fourth-order valence-electron chi connectivity index (χ4n) is 4.04. The van der Waals surface area contributed by atoms with E-state index in [0.717, 1.165) is 0 Å². The molecule has 0 unspecified atom stereocenters. The molecule has 242 valence electrons. The molecule has 4 aromatic rings. The third kappa shape index (κ3) is 7.04. The third-order valence-electron chi connectivity index (χ3n) is 6.27. The van der Waals surface area contributed by atoms with Gasteiger partial charge in [-0.05, 0) is 49.2 Å². The smallest absolute Gasteiger partial charge is 0.396 e. The Kier molecular flexibility index (Phi) is 10.8. The van der Waals surface area contributed by atoms with Crippen molar-refractivity contribution in [2.45, 2.75) is 25.7 Å². The number of amides is 2. The minimum Gasteiger partial charge on any atom is -0.462 e. The second-order valence-electron chi connectivity index (χ2n) is 9.22. The predicted octanol–water partition coefficient (Wildman–Crippen LogP) is 8.65. The Bertz CT molecular complexity index is 1650. The number of carbonyl (C=O) groups is 4. The summed E-state index contributed by atoms with van der Waals surface area (Å²) < 4.78 is 70.5. The number of benzene rings is 2. The van der Waals surface area contributed by atoms with Crippen LogP contribution in [-0.2, 0) is 19.1 Å². The highest BCUT2D eigenvalue weighted by molar-refractivity contribution is 7.15. The van der Waals surface area contributed by atoms with E-state index >= 15 is 17.6 Å². The number of anilines is 2. The number of rotatable bonds is 11. The number of carbonyl (C=O) groups excluding carboxylic acids is 4. The van der Waals surface area contributed by atoms with Gasteiger partial charge in [0.15, 0.2) is 0 Å². The Balaban J connectivity index is 1.63. The molecule has 2 aromatic heterocycles. The lowest BCUT2D eigenvalue weighted by Crippen LogP contribution is -2.56. The Morgan fingerprint density at radius 2 is 0.978 bits per heavy atom. The summed E-state index contributed by atoms with van der Waals surface area (Å²) in [6.45, 7) is 2.73. The van der Waals surface area contributed by atoms with E-state index in [0.29, 0.717) is 43.8 Å². The van der Waals surface area contributed by atoms with Gasteiger partial charge in [0.2, 0.25) is 0 Å². The zero-order valence-corrected chi connectivity index (χ0v) is 26.9. The van der Waals surface area contributed by atoms with E-state index < -0.39 is 45.6 Å². The first-order valence-corrected chi connectivity index (χ1v) is 15.7. The minimum atomic E-state index is -5.63. The average Bonchev–Trinajstić information content (AvgIpc) is 3.62. The van der Waals surface area contributed by atoms with E-state index in [1.807, 2.05) is 0 Å². The summed E-state index contributed by atoms with van der Waals surface area (Å²) in [4.78, 5) is 50.8. The van der Waals surface area contributed by atoms with Gasteiger partial charge in [0.1, 0.15) is 21.1 Å². The monoisotopic (exact) mass is 716 g/mol. The highest BCUT2D eigenvalue weighted by Gasteiger charge is 2.67. The molecular weight excluding hydrogens is 695 g/mol. The van der Waals surface area contributed by atoms with Crippen molar-refractivity contribution < 1.29 is 46.2 Å². The first-order valence-electron chi connectivity index (χ1n) is 13.2. The number of nitrogens with one attached hydrogen (secondary N) is 2. The summed E-state index contributed by atoms with van der Waals surface area (Å²) in [5, 5.41) is 5.67. The zero-order valence-electron chi connectivity index (χ0n) is 23.7. The molecular formula is C30H22Cl2F4N2O6S2. The maximum absolute atomic E-state index is 15.1. The van der Waals surface area contributed by atoms with E-state index in [1.54, 1.807) is 10.6 Å². The van der Waals surface area contributed by atoms with Crippen LogP contribution in [0.5, 0.6) is 0 Å². The van der Waals surface area contributed by atoms with Crippen LogP contribution in [-0.4, -0.2) is 48.8 Å². The maximum atomic E-state index is 15.1. The molecule has 0 radical (unpaired) electrons. The van der Waals surface area contributed by atoms with Crippen LogP contribution in [0.3, 0.4) is 0 Å². The number of hydrogen-bond donors (Lipinski definition) is 2. The second-order valence-corrected chi connectivity index (χ2v) is 11.9. The zero-order chi connectivity index (χ0) is 33.8. The van der Waals surface area contributed by atoms with Gasteiger partial charge in [-0.3, -0.25) is 9.59 Å². The van der Waals surface area contributed by atoms with Crippen molar-refractivity contribution in [3.63, 3.8) is 0 Å². The summed E-state index contributed by atoms with van der Waals surface area (Å²) in [6.07, 6.45) is 0. The number of esters is 2. The lowest BCUT2D eigenvalue weighted by atomic mass is 10.0. The molecule has 0 aliphatic heterocycles. The summed E-state index contributed by atoms with van der Waals surface area (Å²) in [5.41, 5.74) is 0.379. The van der Waals surface area contributed by atoms with E-state index in [2.05, 4.69) is 0 Å². The number of ether oxygens (including phenoxy) is 2. The van der Waals surface area contributed by atoms with E-state index in [4.69, 9.17) is 32.7 Å². The molecule has 8 nitrogen and oxygen atoms in total. The second kappa shape index (κ2) is 14.2. The molecule has 0 spiro atoms. The standard InChI is InChI=1S/C30H22Cl2F4N2O6S2/c1-3-43-25(39)21-19(15-5-9-17(31)10-6-15)13-45-23(21)37-27(41)29(33,34)30(35,36)28(42)38-24-22(26(40)44-4-2)20(14-46-24)16-7-11-18(32)12-8-16/h5-14H,3-4H2,1-2H3,(H,37,41)(H,38,42). The lowest BCUT2D eigenvalue weighted by Gasteiger charge is -2.24. The molecule has 0 bridgehead atoms. The van der Waals surface area contributed by atoms with Crippen molar-refractivity contribution >= 4 is 79.6 Å². The van der Waals surface area contributed by atoms with Gasteiger partial charge in [0, 0.05) is 31.9 Å². The molecule has 46 heavy (non-hydrogen) atoms. The Morgan fingerprint density at radius 3 is 1.28 bits per heavy atom. The van der Waals surface area contributed by atoms with E-state index in [1.165, 1.54) is 73.1 Å². The number of thiophene rings is 2. The molecule has 2 amide bonds. The predicted molar refractivity (Wildman–Crippen MR) is 169 cm³/mol. The van der Waals surface area contributed by atoms with Crippen LogP contribution in [0.1, 0.15) is 34.6 Å². The van der Waals surface area contributed by atoms with E-state index in [-0.39, 0.29) is 35.5 Å². The molecule has 0 aliphatic rings. The third-order valence-corrected chi connectivity index (χ3v) is 8.57. The Labute approximate surface area is 277 Å². The molecule has 0 atom stereocenters. The fourth-order valence-corrected chi connectivity index (χ4v) is 6.20. The Morgan fingerprint density at radius 1 is 0.652 bits per heavy atom. The van der Waals surface area contributed by atoms with Gasteiger partial charge >= 0.3 is 35.6 Å². The summed E-state index contributed by atoms with van der Waals surface area (Å²) in [6, 6.07) is 12.0. The summed E-state index contributed by atoms with van der Waals surface area (Å²) in [5.74, 6) is -18.4. The maximum Gasteiger partial charge on any atom is 0.396 e. The largest absolute Gasteiger partial charge is 0.462 e. The first kappa shape index (κ1) is 34.9. The molecule has 0 fully saturated rings. The van der Waals surface area contributed by atoms with Gasteiger partial charge in [-0.1, -0.05) is 47.5 Å². The molecule has 0 saturated carbocycles. The number of hydrogen-bond acceptors (Lipinski definition) is 8. The fraction of sp³-hybridized carbons (Fsp3) is 0.200. The minimum absolute atomic E-state index is 0.118. The molecule has 4 rings (SSSR count). The SMILES string of the molecule is CCOC(=O)c1c(-c2ccc(Cl)cc2)csc1NC(=O)C(F)(F)C(F)(F)C(=O)Nc1scc(-c2ccc(Cl)cc2)c1C(=O)OCC. The van der Waals surface area contributed by atoms with Gasteiger partial charge in [0.05, 0.1) is 13.2 Å². The van der Waals surface area contributed by atoms with Crippen LogP contribution in [0.4, 0.5) is 27.6 Å². The molecule has 16 heteroatoms. The Hall–Kier alpha value is -3.98. The molecule has 2 heterocycles. The van der Waals surface area contributed by atoms with Crippen molar-refractivity contribution in [1.29, 1.82) is 0 Å². The quantitative estimate of drug-likeness (QED) is 0.119. The lowest BCUT2D eigenvalue weighted by molar-refractivity contribution is -0.204. The van der Waals surface area contributed by atoms with Crippen molar-refractivity contribution in [3.8, 4) is 22.3 Å². The average molecular weight is 718 g/mol. The normalized spacial score (nSPS) is 11.6. The van der Waals surface area contributed by atoms with Gasteiger partial charge < -0.3 is 20.1 Å². The summed E-state index contributed by atoms with van der Waals surface area (Å²) in [7, 11) is 0. The van der Waals surface area contributed by atoms with Crippen LogP contribution < -0.4 is 10.6 Å². The molecule has 2 aromatic carbocycles. The van der Waals surface area contributed by atoms with Crippen molar-refractivity contribution in [1.82, 2.24) is 0 Å². The van der Waals surface area contributed by atoms with Gasteiger partial charge in [-0.25, -0.2) is 9.59 Å². The van der Waals surface area contributed by atoms with Crippen LogP contribution in [0, 0.1) is 0 Å². The molecule has 2 N–H and O–H groups in total. The molecule has 0 aliphatic carbocycles. The highest BCUT2D eigenvalue weighted by atomic mass is 35.5. The van der Waals surface area contributed by atoms with Crippen LogP contribution in [0.2, 0.25) is 10.0 Å². The van der Waals surface area contributed by atoms with Crippen molar-refractivity contribution in [2.24, 2.45) is 0 Å². The first-order chi connectivity index (χ1) is 21.7. The number of halogens is 6. The van der Waals surface area contributed by atoms with E-state index in [9.17, 15) is 19.2 Å². The van der Waals surface area contributed by atoms with Gasteiger partial charge in [0.25, 0.3) is 0 Å². The van der Waals surface area contributed by atoms with Crippen molar-refractivity contribution in [2.75, 3.05) is 23.8 Å². The van der Waals surface area contributed by atoms with Crippen LogP contribution in [0.15, 0.2) is 59.3 Å². The summed E-state index contributed by atoms with van der Waals surface area (Å²) >= 11 is 13.0.